The van der Waals surface area contributed by atoms with Crippen LogP contribution in [0.25, 0.3) is 0 Å². The second-order valence-electron chi connectivity index (χ2n) is 6.50. The zero-order valence-corrected chi connectivity index (χ0v) is 13.2. The molecular weight excluding hydrogens is 323 g/mol. The maximum absolute atomic E-state index is 12.9. The SMILES string of the molecule is O=C(C1CCOC1)N1CCC(O)(c2cccc(C(F)(F)F)c2)CC1. The van der Waals surface area contributed by atoms with E-state index in [1.807, 2.05) is 0 Å². The molecule has 132 valence electrons. The van der Waals surface area contributed by atoms with E-state index in [0.29, 0.717) is 32.7 Å². The molecule has 1 aromatic rings. The van der Waals surface area contributed by atoms with Gasteiger partial charge < -0.3 is 14.7 Å². The molecule has 2 heterocycles. The summed E-state index contributed by atoms with van der Waals surface area (Å²) in [7, 11) is 0. The van der Waals surface area contributed by atoms with E-state index in [9.17, 15) is 23.1 Å². The van der Waals surface area contributed by atoms with Gasteiger partial charge in [0.1, 0.15) is 0 Å². The Bertz CT molecular complexity index is 603. The number of nitrogens with zero attached hydrogens (tertiary/aromatic N) is 1. The molecule has 2 fully saturated rings. The van der Waals surface area contributed by atoms with Crippen LogP contribution >= 0.6 is 0 Å². The minimum atomic E-state index is -4.44. The Hall–Kier alpha value is -1.60. The largest absolute Gasteiger partial charge is 0.416 e. The van der Waals surface area contributed by atoms with Gasteiger partial charge in [-0.25, -0.2) is 0 Å². The topological polar surface area (TPSA) is 49.8 Å². The molecule has 0 spiro atoms. The molecule has 24 heavy (non-hydrogen) atoms. The van der Waals surface area contributed by atoms with Crippen molar-refractivity contribution in [1.82, 2.24) is 4.90 Å². The number of benzene rings is 1. The third-order valence-corrected chi connectivity index (χ3v) is 4.91. The van der Waals surface area contributed by atoms with Crippen molar-refractivity contribution in [2.24, 2.45) is 5.92 Å². The van der Waals surface area contributed by atoms with E-state index in [1.165, 1.54) is 12.1 Å². The summed E-state index contributed by atoms with van der Waals surface area (Å²) >= 11 is 0. The molecule has 1 aromatic carbocycles. The van der Waals surface area contributed by atoms with Gasteiger partial charge in [-0.3, -0.25) is 4.79 Å². The fourth-order valence-electron chi connectivity index (χ4n) is 3.36. The van der Waals surface area contributed by atoms with E-state index in [-0.39, 0.29) is 30.2 Å². The minimum Gasteiger partial charge on any atom is -0.385 e. The fraction of sp³-hybridized carbons (Fsp3) is 0.588. The molecule has 3 rings (SSSR count). The van der Waals surface area contributed by atoms with Crippen molar-refractivity contribution in [3.8, 4) is 0 Å². The van der Waals surface area contributed by atoms with Gasteiger partial charge in [0.2, 0.25) is 5.91 Å². The lowest BCUT2D eigenvalue weighted by Gasteiger charge is -2.39. The number of ether oxygens (including phenoxy) is 1. The van der Waals surface area contributed by atoms with Gasteiger partial charge in [0.25, 0.3) is 0 Å². The van der Waals surface area contributed by atoms with Gasteiger partial charge in [0.15, 0.2) is 0 Å². The van der Waals surface area contributed by atoms with E-state index in [2.05, 4.69) is 0 Å². The van der Waals surface area contributed by atoms with Crippen LogP contribution in [0.15, 0.2) is 24.3 Å². The number of alkyl halides is 3. The molecule has 2 aliphatic heterocycles. The third-order valence-electron chi connectivity index (χ3n) is 4.91. The molecule has 0 aliphatic carbocycles. The highest BCUT2D eigenvalue weighted by Crippen LogP contribution is 2.37. The smallest absolute Gasteiger partial charge is 0.385 e. The van der Waals surface area contributed by atoms with Gasteiger partial charge in [0.05, 0.1) is 23.7 Å². The number of carbonyl (C=O) groups excluding carboxylic acids is 1. The Labute approximate surface area is 138 Å². The van der Waals surface area contributed by atoms with Gasteiger partial charge in [-0.1, -0.05) is 12.1 Å². The standard InChI is InChI=1S/C17H20F3NO3/c18-17(19,20)14-3-1-2-13(10-14)16(23)5-7-21(8-6-16)15(22)12-4-9-24-11-12/h1-3,10,12,23H,4-9,11H2. The van der Waals surface area contributed by atoms with Crippen LogP contribution in [0.3, 0.4) is 0 Å². The normalized spacial score (nSPS) is 24.2. The van der Waals surface area contributed by atoms with Crippen LogP contribution < -0.4 is 0 Å². The molecule has 0 radical (unpaired) electrons. The molecule has 7 heteroatoms. The van der Waals surface area contributed by atoms with Gasteiger partial charge >= 0.3 is 6.18 Å². The average Bonchev–Trinajstić information content (AvgIpc) is 3.09. The third kappa shape index (κ3) is 3.42. The molecule has 1 atom stereocenters. The first-order valence-corrected chi connectivity index (χ1v) is 8.06. The summed E-state index contributed by atoms with van der Waals surface area (Å²) in [6.07, 6.45) is -3.28. The van der Waals surface area contributed by atoms with Crippen LogP contribution in [-0.4, -0.2) is 42.2 Å². The first kappa shape index (κ1) is 17.2. The number of amides is 1. The Morgan fingerprint density at radius 3 is 2.58 bits per heavy atom. The van der Waals surface area contributed by atoms with Crippen LogP contribution in [0.5, 0.6) is 0 Å². The predicted molar refractivity (Wildman–Crippen MR) is 80.1 cm³/mol. The highest BCUT2D eigenvalue weighted by molar-refractivity contribution is 5.79. The van der Waals surface area contributed by atoms with Crippen molar-refractivity contribution >= 4 is 5.91 Å². The van der Waals surface area contributed by atoms with Crippen molar-refractivity contribution in [2.75, 3.05) is 26.3 Å². The van der Waals surface area contributed by atoms with E-state index in [4.69, 9.17) is 4.74 Å². The molecule has 2 aliphatic rings. The number of aliphatic hydroxyl groups is 1. The molecule has 4 nitrogen and oxygen atoms in total. The van der Waals surface area contributed by atoms with Gasteiger partial charge in [0, 0.05) is 19.7 Å². The molecule has 0 saturated carbocycles. The van der Waals surface area contributed by atoms with Crippen molar-refractivity contribution in [3.63, 3.8) is 0 Å². The number of piperidine rings is 1. The van der Waals surface area contributed by atoms with Gasteiger partial charge in [-0.15, -0.1) is 0 Å². The Balaban J connectivity index is 1.69. The minimum absolute atomic E-state index is 0.0126. The number of hydrogen-bond donors (Lipinski definition) is 1. The first-order valence-electron chi connectivity index (χ1n) is 8.06. The van der Waals surface area contributed by atoms with Crippen molar-refractivity contribution < 1.29 is 27.8 Å². The molecule has 1 amide bonds. The summed E-state index contributed by atoms with van der Waals surface area (Å²) in [5.41, 5.74) is -1.84. The summed E-state index contributed by atoms with van der Waals surface area (Å²) in [6, 6.07) is 4.81. The predicted octanol–water partition coefficient (Wildman–Crippen LogP) is 2.55. The van der Waals surface area contributed by atoms with Crippen LogP contribution in [0.4, 0.5) is 13.2 Å². The summed E-state index contributed by atoms with van der Waals surface area (Å²) in [6.45, 7) is 1.68. The summed E-state index contributed by atoms with van der Waals surface area (Å²) < 4.78 is 43.8. The summed E-state index contributed by atoms with van der Waals surface area (Å²) in [5, 5.41) is 10.8. The maximum atomic E-state index is 12.9. The van der Waals surface area contributed by atoms with E-state index in [0.717, 1.165) is 12.1 Å². The van der Waals surface area contributed by atoms with Crippen molar-refractivity contribution in [1.29, 1.82) is 0 Å². The van der Waals surface area contributed by atoms with Crippen LogP contribution in [0, 0.1) is 5.92 Å². The number of likely N-dealkylation sites (tertiary alicyclic amines) is 1. The monoisotopic (exact) mass is 343 g/mol. The van der Waals surface area contributed by atoms with E-state index >= 15 is 0 Å². The summed E-state index contributed by atoms with van der Waals surface area (Å²) in [5.74, 6) is -0.122. The zero-order chi connectivity index (χ0) is 17.4. The molecule has 0 bridgehead atoms. The Morgan fingerprint density at radius 1 is 1.29 bits per heavy atom. The second kappa shape index (κ2) is 6.37. The lowest BCUT2D eigenvalue weighted by atomic mass is 9.83. The molecule has 2 saturated heterocycles. The highest BCUT2D eigenvalue weighted by atomic mass is 19.4. The Kier molecular flexibility index (Phi) is 4.57. The Morgan fingerprint density at radius 2 is 2.00 bits per heavy atom. The summed E-state index contributed by atoms with van der Waals surface area (Å²) in [4.78, 5) is 14.0. The van der Waals surface area contributed by atoms with E-state index < -0.39 is 17.3 Å². The van der Waals surface area contributed by atoms with Gasteiger partial charge in [-0.05, 0) is 37.0 Å². The molecule has 1 N–H and O–H groups in total. The van der Waals surface area contributed by atoms with Crippen molar-refractivity contribution in [3.05, 3.63) is 35.4 Å². The zero-order valence-electron chi connectivity index (χ0n) is 13.2. The number of hydrogen-bond acceptors (Lipinski definition) is 3. The van der Waals surface area contributed by atoms with Gasteiger partial charge in [-0.2, -0.15) is 13.2 Å². The molecule has 1 unspecified atom stereocenters. The van der Waals surface area contributed by atoms with E-state index in [1.54, 1.807) is 4.90 Å². The number of halogens is 3. The fourth-order valence-corrected chi connectivity index (χ4v) is 3.36. The first-order chi connectivity index (χ1) is 11.3. The molecule has 0 aromatic heterocycles. The number of carbonyl (C=O) groups is 1. The maximum Gasteiger partial charge on any atom is 0.416 e. The van der Waals surface area contributed by atoms with Crippen LogP contribution in [-0.2, 0) is 21.3 Å². The molecular formula is C17H20F3NO3. The lowest BCUT2D eigenvalue weighted by Crippen LogP contribution is -2.47. The lowest BCUT2D eigenvalue weighted by molar-refractivity contribution is -0.140. The van der Waals surface area contributed by atoms with Crippen molar-refractivity contribution in [2.45, 2.75) is 31.0 Å². The number of rotatable bonds is 2. The second-order valence-corrected chi connectivity index (χ2v) is 6.50. The average molecular weight is 343 g/mol. The van der Waals surface area contributed by atoms with Crippen LogP contribution in [0.1, 0.15) is 30.4 Å². The quantitative estimate of drug-likeness (QED) is 0.898. The van der Waals surface area contributed by atoms with Crippen LogP contribution in [0.2, 0.25) is 0 Å². The highest BCUT2D eigenvalue weighted by Gasteiger charge is 2.39.